The van der Waals surface area contributed by atoms with Crippen molar-refractivity contribution in [1.82, 2.24) is 20.2 Å². The molecule has 10 nitrogen and oxygen atoms in total. The molecule has 35 heavy (non-hydrogen) atoms. The summed E-state index contributed by atoms with van der Waals surface area (Å²) in [6, 6.07) is 11.0. The first kappa shape index (κ1) is 22.8. The van der Waals surface area contributed by atoms with Crippen LogP contribution in [-0.4, -0.2) is 53.8 Å². The number of hydrogen-bond donors (Lipinski definition) is 3. The van der Waals surface area contributed by atoms with Crippen LogP contribution < -0.4 is 14.9 Å². The number of nitrogens with zero attached hydrogens (tertiary/aromatic N) is 4. The van der Waals surface area contributed by atoms with Gasteiger partial charge in [-0.3, -0.25) is 19.6 Å². The van der Waals surface area contributed by atoms with Crippen molar-refractivity contribution >= 4 is 44.0 Å². The second-order valence-electron chi connectivity index (χ2n) is 8.57. The average molecular weight is 492 g/mol. The molecule has 0 atom stereocenters. The van der Waals surface area contributed by atoms with Gasteiger partial charge in [-0.1, -0.05) is 6.07 Å². The Bertz CT molecular complexity index is 1480. The quantitative estimate of drug-likeness (QED) is 0.375. The van der Waals surface area contributed by atoms with Gasteiger partial charge in [-0.05, 0) is 55.2 Å². The molecule has 0 spiro atoms. The van der Waals surface area contributed by atoms with E-state index in [-0.39, 0.29) is 11.5 Å². The highest BCUT2D eigenvalue weighted by molar-refractivity contribution is 7.92. The van der Waals surface area contributed by atoms with E-state index in [0.29, 0.717) is 11.1 Å². The highest BCUT2D eigenvalue weighted by Gasteiger charge is 2.17. The first-order valence-electron chi connectivity index (χ1n) is 11.3. The van der Waals surface area contributed by atoms with Crippen LogP contribution >= 0.6 is 0 Å². The smallest absolute Gasteiger partial charge is 0.276 e. The first-order chi connectivity index (χ1) is 16.9. The van der Waals surface area contributed by atoms with Gasteiger partial charge in [-0.2, -0.15) is 5.10 Å². The number of amides is 1. The van der Waals surface area contributed by atoms with Gasteiger partial charge in [-0.25, -0.2) is 13.4 Å². The summed E-state index contributed by atoms with van der Waals surface area (Å²) < 4.78 is 24.9. The van der Waals surface area contributed by atoms with Crippen molar-refractivity contribution in [3.05, 3.63) is 60.7 Å². The molecular weight excluding hydrogens is 466 g/mol. The standard InChI is InChI=1S/C24H25N7O3S/c1-35(33,34)30-22-8-6-18(14-26-22)27-24(32)23-20-12-16(5-7-21(20)28-29-23)17-11-19(15-25-13-17)31-9-3-2-4-10-31/h5-8,11-15H,2-4,9-10H2,1H3,(H,26,30)(H,27,32)(H,28,29). The number of piperidine rings is 1. The molecule has 180 valence electrons. The van der Waals surface area contributed by atoms with Crippen molar-refractivity contribution in [3.8, 4) is 11.1 Å². The summed E-state index contributed by atoms with van der Waals surface area (Å²) in [6.07, 6.45) is 9.79. The van der Waals surface area contributed by atoms with E-state index in [1.807, 2.05) is 30.6 Å². The van der Waals surface area contributed by atoms with Gasteiger partial charge in [0.2, 0.25) is 10.0 Å². The minimum absolute atomic E-state index is 0.167. The highest BCUT2D eigenvalue weighted by atomic mass is 32.2. The van der Waals surface area contributed by atoms with Crippen LogP contribution in [0.2, 0.25) is 0 Å². The van der Waals surface area contributed by atoms with E-state index in [0.717, 1.165) is 41.7 Å². The molecule has 1 aliphatic rings. The van der Waals surface area contributed by atoms with Crippen molar-refractivity contribution in [2.45, 2.75) is 19.3 Å². The predicted octanol–water partition coefficient (Wildman–Crippen LogP) is 3.63. The van der Waals surface area contributed by atoms with Gasteiger partial charge < -0.3 is 10.2 Å². The molecule has 0 aliphatic carbocycles. The van der Waals surface area contributed by atoms with Gasteiger partial charge in [0, 0.05) is 30.2 Å². The normalized spacial score (nSPS) is 14.1. The van der Waals surface area contributed by atoms with Crippen LogP contribution in [0, 0.1) is 0 Å². The van der Waals surface area contributed by atoms with Crippen molar-refractivity contribution in [3.63, 3.8) is 0 Å². The second-order valence-corrected chi connectivity index (χ2v) is 10.3. The van der Waals surface area contributed by atoms with Crippen LogP contribution in [0.4, 0.5) is 17.2 Å². The van der Waals surface area contributed by atoms with Gasteiger partial charge in [0.05, 0.1) is 35.5 Å². The van der Waals surface area contributed by atoms with Crippen LogP contribution in [0.5, 0.6) is 0 Å². The lowest BCUT2D eigenvalue weighted by atomic mass is 10.0. The molecule has 1 aliphatic heterocycles. The molecule has 3 aromatic heterocycles. The van der Waals surface area contributed by atoms with E-state index >= 15 is 0 Å². The summed E-state index contributed by atoms with van der Waals surface area (Å²) in [6.45, 7) is 2.08. The molecule has 4 heterocycles. The molecule has 5 rings (SSSR count). The number of carbonyl (C=O) groups excluding carboxylic acids is 1. The molecular formula is C24H25N7O3S. The fraction of sp³-hybridized carbons (Fsp3) is 0.250. The van der Waals surface area contributed by atoms with E-state index in [4.69, 9.17) is 0 Å². The Balaban J connectivity index is 1.38. The lowest BCUT2D eigenvalue weighted by Gasteiger charge is -2.28. The number of pyridine rings is 2. The van der Waals surface area contributed by atoms with E-state index in [2.05, 4.69) is 41.2 Å². The van der Waals surface area contributed by atoms with E-state index in [1.54, 1.807) is 6.07 Å². The molecule has 0 saturated carbocycles. The summed E-state index contributed by atoms with van der Waals surface area (Å²) in [5.74, 6) is -0.236. The average Bonchev–Trinajstić information content (AvgIpc) is 3.28. The fourth-order valence-corrected chi connectivity index (χ4v) is 4.69. The zero-order chi connectivity index (χ0) is 24.4. The Morgan fingerprint density at radius 3 is 2.57 bits per heavy atom. The molecule has 11 heteroatoms. The number of rotatable bonds is 6. The Hall–Kier alpha value is -3.99. The van der Waals surface area contributed by atoms with Crippen molar-refractivity contribution < 1.29 is 13.2 Å². The van der Waals surface area contributed by atoms with E-state index in [9.17, 15) is 13.2 Å². The summed E-state index contributed by atoms with van der Waals surface area (Å²) in [7, 11) is -3.43. The van der Waals surface area contributed by atoms with Crippen LogP contribution in [-0.2, 0) is 10.0 Å². The number of aromatic nitrogens is 4. The number of carbonyl (C=O) groups is 1. The summed E-state index contributed by atoms with van der Waals surface area (Å²) in [5, 5.41) is 10.6. The summed E-state index contributed by atoms with van der Waals surface area (Å²) in [5.41, 5.74) is 4.43. The third-order valence-electron chi connectivity index (χ3n) is 5.87. The SMILES string of the molecule is CS(=O)(=O)Nc1ccc(NC(=O)c2n[nH]c3ccc(-c4cncc(N5CCCCC5)c4)cc23)cn1. The van der Waals surface area contributed by atoms with Crippen molar-refractivity contribution in [2.75, 3.05) is 34.3 Å². The van der Waals surface area contributed by atoms with Gasteiger partial charge in [0.1, 0.15) is 5.82 Å². The molecule has 0 unspecified atom stereocenters. The lowest BCUT2D eigenvalue weighted by Crippen LogP contribution is -2.29. The first-order valence-corrected chi connectivity index (χ1v) is 13.2. The zero-order valence-corrected chi connectivity index (χ0v) is 20.0. The van der Waals surface area contributed by atoms with Crippen LogP contribution in [0.25, 0.3) is 22.0 Å². The maximum Gasteiger partial charge on any atom is 0.276 e. The number of benzene rings is 1. The molecule has 0 radical (unpaired) electrons. The third kappa shape index (κ3) is 5.24. The van der Waals surface area contributed by atoms with Gasteiger partial charge >= 0.3 is 0 Å². The van der Waals surface area contributed by atoms with Crippen LogP contribution in [0.1, 0.15) is 29.8 Å². The molecule has 0 bridgehead atoms. The molecule has 1 aromatic carbocycles. The fourth-order valence-electron chi connectivity index (χ4n) is 4.19. The Labute approximate surface area is 202 Å². The third-order valence-corrected chi connectivity index (χ3v) is 6.45. The van der Waals surface area contributed by atoms with Crippen LogP contribution in [0.15, 0.2) is 55.0 Å². The maximum atomic E-state index is 13.0. The number of fused-ring (bicyclic) bond motifs is 1. The van der Waals surface area contributed by atoms with Gasteiger partial charge in [0.25, 0.3) is 5.91 Å². The van der Waals surface area contributed by atoms with Gasteiger partial charge in [0.15, 0.2) is 5.69 Å². The predicted molar refractivity (Wildman–Crippen MR) is 136 cm³/mol. The number of sulfonamides is 1. The molecule has 1 amide bonds. The number of aromatic amines is 1. The maximum absolute atomic E-state index is 13.0. The monoisotopic (exact) mass is 491 g/mol. The number of nitrogens with one attached hydrogen (secondary N) is 3. The van der Waals surface area contributed by atoms with E-state index < -0.39 is 15.9 Å². The van der Waals surface area contributed by atoms with Crippen molar-refractivity contribution in [1.29, 1.82) is 0 Å². The minimum Gasteiger partial charge on any atom is -0.370 e. The highest BCUT2D eigenvalue weighted by Crippen LogP contribution is 2.29. The summed E-state index contributed by atoms with van der Waals surface area (Å²) in [4.78, 5) is 23.8. The zero-order valence-electron chi connectivity index (χ0n) is 19.2. The Morgan fingerprint density at radius 1 is 1.00 bits per heavy atom. The number of hydrogen-bond acceptors (Lipinski definition) is 7. The Kier molecular flexibility index (Phi) is 6.08. The topological polar surface area (TPSA) is 133 Å². The van der Waals surface area contributed by atoms with E-state index in [1.165, 1.54) is 31.5 Å². The molecule has 1 saturated heterocycles. The largest absolute Gasteiger partial charge is 0.370 e. The molecule has 3 N–H and O–H groups in total. The van der Waals surface area contributed by atoms with Crippen LogP contribution in [0.3, 0.4) is 0 Å². The molecule has 1 fully saturated rings. The second kappa shape index (κ2) is 9.34. The minimum atomic E-state index is -3.43. The van der Waals surface area contributed by atoms with Gasteiger partial charge in [-0.15, -0.1) is 0 Å². The summed E-state index contributed by atoms with van der Waals surface area (Å²) >= 11 is 0. The number of H-pyrrole nitrogens is 1. The molecule has 4 aromatic rings. The van der Waals surface area contributed by atoms with Crippen molar-refractivity contribution in [2.24, 2.45) is 0 Å². The Morgan fingerprint density at radius 2 is 1.83 bits per heavy atom. The number of anilines is 3. The lowest BCUT2D eigenvalue weighted by molar-refractivity contribution is 0.102.